The van der Waals surface area contributed by atoms with Crippen LogP contribution in [-0.2, 0) is 16.0 Å². The zero-order valence-corrected chi connectivity index (χ0v) is 30.9. The maximum Gasteiger partial charge on any atom is 0.326 e. The van der Waals surface area contributed by atoms with Gasteiger partial charge in [0, 0.05) is 92.9 Å². The van der Waals surface area contributed by atoms with E-state index in [2.05, 4.69) is 47.1 Å². The molecular formula is C35H44Br2N8O4. The van der Waals surface area contributed by atoms with E-state index >= 15 is 0 Å². The number of halogens is 2. The summed E-state index contributed by atoms with van der Waals surface area (Å²) >= 11 is 7.03. The number of anilines is 1. The first-order valence-corrected chi connectivity index (χ1v) is 18.6. The van der Waals surface area contributed by atoms with E-state index in [1.165, 1.54) is 0 Å². The van der Waals surface area contributed by atoms with Crippen LogP contribution in [-0.4, -0.2) is 111 Å². The van der Waals surface area contributed by atoms with Crippen molar-refractivity contribution in [1.82, 2.24) is 34.5 Å². The fourth-order valence-corrected chi connectivity index (χ4v) is 8.58. The second-order valence-corrected chi connectivity index (χ2v) is 15.0. The molecule has 1 atom stereocenters. The molecule has 0 aliphatic carbocycles. The highest BCUT2D eigenvalue weighted by atomic mass is 79.9. The molecule has 0 bridgehead atoms. The smallest absolute Gasteiger partial charge is 0.326 e. The summed E-state index contributed by atoms with van der Waals surface area (Å²) in [5.74, 6) is 0.0192. The van der Waals surface area contributed by atoms with Crippen molar-refractivity contribution in [1.29, 1.82) is 0 Å². The molecule has 2 aromatic carbocycles. The number of nitrogen functional groups attached to an aromatic ring is 1. The number of aromatic amines is 1. The van der Waals surface area contributed by atoms with Crippen LogP contribution in [0.15, 0.2) is 62.4 Å². The van der Waals surface area contributed by atoms with Gasteiger partial charge < -0.3 is 30.7 Å². The van der Waals surface area contributed by atoms with Crippen LogP contribution in [0.1, 0.15) is 44.2 Å². The van der Waals surface area contributed by atoms with Crippen molar-refractivity contribution in [3.63, 3.8) is 0 Å². The third-order valence-corrected chi connectivity index (χ3v) is 11.5. The number of urea groups is 1. The molecule has 4 heterocycles. The molecule has 3 saturated heterocycles. The number of piperazine rings is 1. The molecule has 6 rings (SSSR count). The van der Waals surface area contributed by atoms with Crippen LogP contribution >= 0.6 is 31.9 Å². The van der Waals surface area contributed by atoms with E-state index in [9.17, 15) is 19.2 Å². The number of carbonyl (C=O) groups excluding carboxylic acids is 3. The molecule has 49 heavy (non-hydrogen) atoms. The molecule has 0 spiro atoms. The molecule has 3 fully saturated rings. The standard InChI is InChI=1S/C35H44Br2N8O4/c1-23(46)41-15-17-42(18-16-41)26-7-11-43(12-8-26)33(47)30(21-24-19-28(36)32(38)29(37)20-24)39-34(48)44-13-9-27(10-14-44)45-22-31(40-35(45)49)25-5-3-2-4-6-25/h2-6,19-20,22,26-27,30H,7-18,21,38H2,1H3,(H,39,48)(H,40,49)/t30-/m1/s1. The number of amides is 4. The maximum atomic E-state index is 14.1. The summed E-state index contributed by atoms with van der Waals surface area (Å²) in [6.45, 7) is 6.95. The Morgan fingerprint density at radius 1 is 0.857 bits per heavy atom. The van der Waals surface area contributed by atoms with Gasteiger partial charge in [0.2, 0.25) is 11.8 Å². The van der Waals surface area contributed by atoms with E-state index in [0.29, 0.717) is 57.2 Å². The Morgan fingerprint density at radius 3 is 2.06 bits per heavy atom. The molecule has 262 valence electrons. The summed E-state index contributed by atoms with van der Waals surface area (Å²) in [5, 5.41) is 3.08. The van der Waals surface area contributed by atoms with Gasteiger partial charge in [0.15, 0.2) is 0 Å². The lowest BCUT2D eigenvalue weighted by molar-refractivity contribution is -0.136. The predicted octanol–water partition coefficient (Wildman–Crippen LogP) is 4.06. The van der Waals surface area contributed by atoms with Crippen LogP contribution in [0.2, 0.25) is 0 Å². The molecule has 3 aromatic rings. The van der Waals surface area contributed by atoms with Crippen LogP contribution < -0.4 is 16.7 Å². The molecule has 4 amide bonds. The SMILES string of the molecule is CC(=O)N1CCN(C2CCN(C(=O)[C@@H](Cc3cc(Br)c(N)c(Br)c3)NC(=O)N3CCC(n4cc(-c5ccccc5)[nH]c4=O)CC3)CC2)CC1. The van der Waals surface area contributed by atoms with Gasteiger partial charge in [-0.3, -0.25) is 19.1 Å². The zero-order valence-electron chi connectivity index (χ0n) is 27.7. The van der Waals surface area contributed by atoms with E-state index in [1.807, 2.05) is 58.5 Å². The van der Waals surface area contributed by atoms with Gasteiger partial charge in [-0.25, -0.2) is 9.59 Å². The number of aromatic nitrogens is 2. The molecule has 1 aromatic heterocycles. The number of imidazole rings is 1. The van der Waals surface area contributed by atoms with Crippen molar-refractivity contribution in [3.8, 4) is 11.3 Å². The van der Waals surface area contributed by atoms with Gasteiger partial charge in [0.1, 0.15) is 6.04 Å². The van der Waals surface area contributed by atoms with Crippen molar-refractivity contribution >= 4 is 55.4 Å². The van der Waals surface area contributed by atoms with Crippen molar-refractivity contribution in [3.05, 3.63) is 73.7 Å². The van der Waals surface area contributed by atoms with Crippen LogP contribution in [0.5, 0.6) is 0 Å². The number of nitrogens with two attached hydrogens (primary N) is 1. The van der Waals surface area contributed by atoms with Crippen molar-refractivity contribution in [2.75, 3.05) is 58.1 Å². The third kappa shape index (κ3) is 8.24. The molecule has 12 nitrogen and oxygen atoms in total. The first-order chi connectivity index (χ1) is 23.6. The normalized spacial score (nSPS) is 18.8. The molecule has 0 unspecified atom stereocenters. The summed E-state index contributed by atoms with van der Waals surface area (Å²) in [5.41, 5.74) is 9.13. The second kappa shape index (κ2) is 15.5. The number of carbonyl (C=O) groups is 3. The Kier molecular flexibility index (Phi) is 11.1. The number of nitrogens with one attached hydrogen (secondary N) is 2. The molecular weight excluding hydrogens is 756 g/mol. The predicted molar refractivity (Wildman–Crippen MR) is 196 cm³/mol. The summed E-state index contributed by atoms with van der Waals surface area (Å²) in [4.78, 5) is 63.3. The van der Waals surface area contributed by atoms with E-state index in [4.69, 9.17) is 5.73 Å². The quantitative estimate of drug-likeness (QED) is 0.308. The Labute approximate surface area is 303 Å². The van der Waals surface area contributed by atoms with Gasteiger partial charge in [-0.2, -0.15) is 0 Å². The van der Waals surface area contributed by atoms with Gasteiger partial charge in [0.25, 0.3) is 0 Å². The minimum Gasteiger partial charge on any atom is -0.397 e. The van der Waals surface area contributed by atoms with Crippen LogP contribution in [0, 0.1) is 0 Å². The lowest BCUT2D eigenvalue weighted by Gasteiger charge is -2.43. The highest BCUT2D eigenvalue weighted by Gasteiger charge is 2.34. The average molecular weight is 801 g/mol. The topological polar surface area (TPSA) is 140 Å². The number of H-pyrrole nitrogens is 1. The first kappa shape index (κ1) is 35.2. The fourth-order valence-electron chi connectivity index (χ4n) is 7.30. The number of hydrogen-bond donors (Lipinski definition) is 3. The lowest BCUT2D eigenvalue weighted by atomic mass is 9.99. The molecule has 3 aliphatic heterocycles. The fraction of sp³-hybridized carbons (Fsp3) is 0.486. The summed E-state index contributed by atoms with van der Waals surface area (Å²) in [6, 6.07) is 12.8. The highest BCUT2D eigenvalue weighted by molar-refractivity contribution is 9.11. The number of hydrogen-bond acceptors (Lipinski definition) is 6. The molecule has 3 aliphatic rings. The highest BCUT2D eigenvalue weighted by Crippen LogP contribution is 2.31. The Balaban J connectivity index is 1.09. The monoisotopic (exact) mass is 798 g/mol. The first-order valence-electron chi connectivity index (χ1n) is 17.0. The average Bonchev–Trinajstić information content (AvgIpc) is 3.51. The summed E-state index contributed by atoms with van der Waals surface area (Å²) < 4.78 is 3.18. The van der Waals surface area contributed by atoms with Crippen LogP contribution in [0.3, 0.4) is 0 Å². The van der Waals surface area contributed by atoms with Gasteiger partial charge in [0.05, 0.1) is 11.4 Å². The summed E-state index contributed by atoms with van der Waals surface area (Å²) in [6.07, 6.45) is 5.14. The van der Waals surface area contributed by atoms with Gasteiger partial charge >= 0.3 is 11.7 Å². The summed E-state index contributed by atoms with van der Waals surface area (Å²) in [7, 11) is 0. The van der Waals surface area contributed by atoms with Gasteiger partial charge in [-0.15, -0.1) is 0 Å². The minimum atomic E-state index is -0.760. The lowest BCUT2D eigenvalue weighted by Crippen LogP contribution is -2.57. The van der Waals surface area contributed by atoms with E-state index in [1.54, 1.807) is 16.4 Å². The number of nitrogens with zero attached hydrogens (tertiary/aromatic N) is 5. The van der Waals surface area contributed by atoms with Crippen LogP contribution in [0.25, 0.3) is 11.3 Å². The zero-order chi connectivity index (χ0) is 34.7. The van der Waals surface area contributed by atoms with Gasteiger partial charge in [-0.05, 0) is 80.8 Å². The van der Waals surface area contributed by atoms with E-state index < -0.39 is 6.04 Å². The number of piperidine rings is 2. The molecule has 14 heteroatoms. The third-order valence-electron chi connectivity index (χ3n) is 10.2. The van der Waals surface area contributed by atoms with E-state index in [0.717, 1.165) is 64.8 Å². The molecule has 0 radical (unpaired) electrons. The number of likely N-dealkylation sites (tertiary alicyclic amines) is 2. The maximum absolute atomic E-state index is 14.1. The van der Waals surface area contributed by atoms with E-state index in [-0.39, 0.29) is 29.6 Å². The van der Waals surface area contributed by atoms with Crippen LogP contribution in [0.4, 0.5) is 10.5 Å². The van der Waals surface area contributed by atoms with Crippen molar-refractivity contribution in [2.24, 2.45) is 0 Å². The molecule has 0 saturated carbocycles. The Morgan fingerprint density at radius 2 is 1.45 bits per heavy atom. The van der Waals surface area contributed by atoms with Crippen molar-refractivity contribution < 1.29 is 14.4 Å². The molecule has 4 N–H and O–H groups in total. The minimum absolute atomic E-state index is 0.0288. The largest absolute Gasteiger partial charge is 0.397 e. The number of rotatable bonds is 7. The number of benzene rings is 2. The van der Waals surface area contributed by atoms with Crippen molar-refractivity contribution in [2.45, 2.75) is 57.2 Å². The Bertz CT molecular complexity index is 1680. The second-order valence-electron chi connectivity index (χ2n) is 13.2. The Hall–Kier alpha value is -3.62. The van der Waals surface area contributed by atoms with Gasteiger partial charge in [-0.1, -0.05) is 30.3 Å².